The molecule has 1 N–H and O–H groups in total. The maximum absolute atomic E-state index is 12.1. The average Bonchev–Trinajstić information content (AvgIpc) is 3.23. The molecule has 0 aliphatic carbocycles. The number of piperidine rings is 1. The summed E-state index contributed by atoms with van der Waals surface area (Å²) in [6, 6.07) is 16.9. The number of nitrogens with zero attached hydrogens (tertiary/aromatic N) is 2. The number of carbonyl (C=O) groups excluding carboxylic acids is 1. The molecule has 28 heavy (non-hydrogen) atoms. The molecule has 1 aromatic heterocycles. The zero-order chi connectivity index (χ0) is 19.3. The normalized spacial score (nSPS) is 17.7. The van der Waals surface area contributed by atoms with Crippen LogP contribution in [0.15, 0.2) is 53.1 Å². The molecule has 3 aromatic rings. The Kier molecular flexibility index (Phi) is 5.72. The van der Waals surface area contributed by atoms with Crippen molar-refractivity contribution >= 4 is 16.7 Å². The Balaban J connectivity index is 1.45. The third-order valence-corrected chi connectivity index (χ3v) is 5.49. The molecule has 4 rings (SSSR count). The molecule has 1 aliphatic rings. The Morgan fingerprint density at radius 1 is 1.25 bits per heavy atom. The molecule has 0 radical (unpaired) electrons. The molecule has 146 valence electrons. The van der Waals surface area contributed by atoms with Gasteiger partial charge in [-0.15, -0.1) is 0 Å². The van der Waals surface area contributed by atoms with Gasteiger partial charge in [-0.1, -0.05) is 54.5 Å². The number of fused-ring (bicyclic) bond motifs is 1. The van der Waals surface area contributed by atoms with E-state index < -0.39 is 0 Å². The monoisotopic (exact) mass is 377 g/mol. The number of rotatable bonds is 6. The summed E-state index contributed by atoms with van der Waals surface area (Å²) in [6.07, 6.45) is 3.10. The Bertz CT molecular complexity index is 944. The van der Waals surface area contributed by atoms with Crippen LogP contribution >= 0.6 is 0 Å². The van der Waals surface area contributed by atoms with Gasteiger partial charge in [0.2, 0.25) is 5.76 Å². The van der Waals surface area contributed by atoms with Crippen LogP contribution in [0.1, 0.15) is 53.9 Å². The van der Waals surface area contributed by atoms with Crippen molar-refractivity contribution in [2.24, 2.45) is 0 Å². The van der Waals surface area contributed by atoms with Gasteiger partial charge in [0.15, 0.2) is 0 Å². The minimum absolute atomic E-state index is 0.177. The van der Waals surface area contributed by atoms with Crippen LogP contribution in [0.25, 0.3) is 10.8 Å². The van der Waals surface area contributed by atoms with E-state index in [1.165, 1.54) is 16.3 Å². The van der Waals surface area contributed by atoms with Gasteiger partial charge in [0.1, 0.15) is 0 Å². The molecule has 1 aliphatic heterocycles. The van der Waals surface area contributed by atoms with Crippen molar-refractivity contribution in [2.45, 2.75) is 38.6 Å². The Morgan fingerprint density at radius 2 is 2.11 bits per heavy atom. The molecule has 1 amide bonds. The highest BCUT2D eigenvalue weighted by Crippen LogP contribution is 2.29. The van der Waals surface area contributed by atoms with E-state index >= 15 is 0 Å². The second-order valence-electron chi connectivity index (χ2n) is 7.58. The van der Waals surface area contributed by atoms with Crippen molar-refractivity contribution < 1.29 is 9.32 Å². The first-order valence-corrected chi connectivity index (χ1v) is 10.2. The van der Waals surface area contributed by atoms with E-state index in [2.05, 4.69) is 57.8 Å². The Labute approximate surface area is 165 Å². The topological polar surface area (TPSA) is 58.4 Å². The van der Waals surface area contributed by atoms with Crippen molar-refractivity contribution in [3.05, 3.63) is 65.5 Å². The van der Waals surface area contributed by atoms with Gasteiger partial charge in [-0.05, 0) is 42.1 Å². The van der Waals surface area contributed by atoms with Gasteiger partial charge in [-0.2, -0.15) is 0 Å². The molecule has 2 aromatic carbocycles. The SMILES string of the molecule is CCCNC(=O)c1cc(C2CCCN(Cc3cccc4ccccc34)C2)no1. The van der Waals surface area contributed by atoms with Crippen molar-refractivity contribution in [1.29, 1.82) is 0 Å². The second kappa shape index (κ2) is 8.57. The molecule has 1 fully saturated rings. The fourth-order valence-electron chi connectivity index (χ4n) is 4.03. The number of nitrogens with one attached hydrogen (secondary N) is 1. The van der Waals surface area contributed by atoms with Gasteiger partial charge in [0.05, 0.1) is 5.69 Å². The number of amides is 1. The van der Waals surface area contributed by atoms with Gasteiger partial charge in [0.25, 0.3) is 5.91 Å². The Hall–Kier alpha value is -2.66. The highest BCUT2D eigenvalue weighted by Gasteiger charge is 2.25. The standard InChI is InChI=1S/C23H27N3O2/c1-2-12-24-23(27)22-14-21(25-28-22)19-10-6-13-26(16-19)15-18-9-5-8-17-7-3-4-11-20(17)18/h3-5,7-9,11,14,19H,2,6,10,12-13,15-16H2,1H3,(H,24,27). The van der Waals surface area contributed by atoms with Gasteiger partial charge < -0.3 is 9.84 Å². The van der Waals surface area contributed by atoms with Crippen LogP contribution < -0.4 is 5.32 Å². The maximum atomic E-state index is 12.1. The lowest BCUT2D eigenvalue weighted by molar-refractivity contribution is 0.0916. The number of hydrogen-bond donors (Lipinski definition) is 1. The van der Waals surface area contributed by atoms with Gasteiger partial charge in [-0.3, -0.25) is 9.69 Å². The zero-order valence-corrected chi connectivity index (χ0v) is 16.4. The first kappa shape index (κ1) is 18.7. The van der Waals surface area contributed by atoms with Crippen molar-refractivity contribution in [3.8, 4) is 0 Å². The third kappa shape index (κ3) is 4.09. The largest absolute Gasteiger partial charge is 0.351 e. The van der Waals surface area contributed by atoms with Crippen LogP contribution in [0, 0.1) is 0 Å². The summed E-state index contributed by atoms with van der Waals surface area (Å²) in [5.41, 5.74) is 2.25. The molecule has 5 heteroatoms. The number of carbonyl (C=O) groups is 1. The van der Waals surface area contributed by atoms with E-state index in [0.717, 1.165) is 44.6 Å². The van der Waals surface area contributed by atoms with Gasteiger partial charge in [-0.25, -0.2) is 0 Å². The molecule has 0 saturated carbocycles. The number of hydrogen-bond acceptors (Lipinski definition) is 4. The smallest absolute Gasteiger partial charge is 0.289 e. The molecule has 5 nitrogen and oxygen atoms in total. The number of aromatic nitrogens is 1. The fraction of sp³-hybridized carbons (Fsp3) is 0.391. The summed E-state index contributed by atoms with van der Waals surface area (Å²) in [5, 5.41) is 9.65. The lowest BCUT2D eigenvalue weighted by Crippen LogP contribution is -2.34. The minimum atomic E-state index is -0.177. The van der Waals surface area contributed by atoms with E-state index in [1.807, 2.05) is 13.0 Å². The maximum Gasteiger partial charge on any atom is 0.289 e. The predicted molar refractivity (Wildman–Crippen MR) is 110 cm³/mol. The van der Waals surface area contributed by atoms with Crippen LogP contribution in [-0.4, -0.2) is 35.6 Å². The van der Waals surface area contributed by atoms with Crippen LogP contribution in [0.2, 0.25) is 0 Å². The van der Waals surface area contributed by atoms with E-state index in [9.17, 15) is 4.79 Å². The van der Waals surface area contributed by atoms with E-state index in [1.54, 1.807) is 0 Å². The molecule has 1 unspecified atom stereocenters. The van der Waals surface area contributed by atoms with Crippen molar-refractivity contribution in [2.75, 3.05) is 19.6 Å². The van der Waals surface area contributed by atoms with Crippen LogP contribution in [0.5, 0.6) is 0 Å². The summed E-state index contributed by atoms with van der Waals surface area (Å²) in [6.45, 7) is 5.63. The summed E-state index contributed by atoms with van der Waals surface area (Å²) in [5.74, 6) is 0.443. The number of benzene rings is 2. The molecule has 1 saturated heterocycles. The number of likely N-dealkylation sites (tertiary alicyclic amines) is 1. The molecule has 2 heterocycles. The van der Waals surface area contributed by atoms with Crippen molar-refractivity contribution in [3.63, 3.8) is 0 Å². The summed E-state index contributed by atoms with van der Waals surface area (Å²) < 4.78 is 5.31. The summed E-state index contributed by atoms with van der Waals surface area (Å²) in [4.78, 5) is 14.6. The third-order valence-electron chi connectivity index (χ3n) is 5.49. The van der Waals surface area contributed by atoms with Gasteiger partial charge >= 0.3 is 0 Å². The lowest BCUT2D eigenvalue weighted by Gasteiger charge is -2.32. The molecule has 0 spiro atoms. The summed E-state index contributed by atoms with van der Waals surface area (Å²) >= 11 is 0. The van der Waals surface area contributed by atoms with Crippen molar-refractivity contribution in [1.82, 2.24) is 15.4 Å². The van der Waals surface area contributed by atoms with E-state index in [-0.39, 0.29) is 5.91 Å². The highest BCUT2D eigenvalue weighted by molar-refractivity contribution is 5.91. The molecule has 0 bridgehead atoms. The Morgan fingerprint density at radius 3 is 3.00 bits per heavy atom. The molecule has 1 atom stereocenters. The highest BCUT2D eigenvalue weighted by atomic mass is 16.5. The quantitative estimate of drug-likeness (QED) is 0.694. The molecular weight excluding hydrogens is 350 g/mol. The lowest BCUT2D eigenvalue weighted by atomic mass is 9.94. The van der Waals surface area contributed by atoms with E-state index in [0.29, 0.717) is 18.2 Å². The molecular formula is C23H27N3O2. The summed E-state index contributed by atoms with van der Waals surface area (Å²) in [7, 11) is 0. The van der Waals surface area contributed by atoms with E-state index in [4.69, 9.17) is 4.52 Å². The second-order valence-corrected chi connectivity index (χ2v) is 7.58. The van der Waals surface area contributed by atoms with Crippen LogP contribution in [0.3, 0.4) is 0 Å². The predicted octanol–water partition coefficient (Wildman–Crippen LogP) is 4.35. The fourth-order valence-corrected chi connectivity index (χ4v) is 4.03. The van der Waals surface area contributed by atoms with Crippen LogP contribution in [0.4, 0.5) is 0 Å². The average molecular weight is 377 g/mol. The van der Waals surface area contributed by atoms with Crippen LogP contribution in [-0.2, 0) is 6.54 Å². The zero-order valence-electron chi connectivity index (χ0n) is 16.4. The first-order chi connectivity index (χ1) is 13.7. The first-order valence-electron chi connectivity index (χ1n) is 10.2. The van der Waals surface area contributed by atoms with Gasteiger partial charge in [0, 0.05) is 31.6 Å². The minimum Gasteiger partial charge on any atom is -0.351 e.